The van der Waals surface area contributed by atoms with Gasteiger partial charge in [-0.2, -0.15) is 0 Å². The van der Waals surface area contributed by atoms with E-state index >= 15 is 0 Å². The van der Waals surface area contributed by atoms with Crippen LogP contribution < -0.4 is 0 Å². The van der Waals surface area contributed by atoms with Crippen LogP contribution in [-0.4, -0.2) is 43.0 Å². The van der Waals surface area contributed by atoms with Crippen LogP contribution in [0.4, 0.5) is 8.78 Å². The number of hydrogen-bond acceptors (Lipinski definition) is 2. The lowest BCUT2D eigenvalue weighted by Crippen LogP contribution is -2.43. The largest absolute Gasteiger partial charge is 0.304 e. The van der Waals surface area contributed by atoms with Crippen LogP contribution in [0, 0.1) is 11.6 Å². The Balaban J connectivity index is 2.04. The molecule has 1 fully saturated rings. The van der Waals surface area contributed by atoms with Gasteiger partial charge in [0.15, 0.2) is 11.6 Å². The van der Waals surface area contributed by atoms with Gasteiger partial charge in [-0.25, -0.2) is 8.78 Å². The van der Waals surface area contributed by atoms with E-state index in [0.29, 0.717) is 6.54 Å². The number of rotatable bonds is 2. The molecule has 1 aromatic rings. The summed E-state index contributed by atoms with van der Waals surface area (Å²) in [6, 6.07) is 2.93. The van der Waals surface area contributed by atoms with E-state index in [4.69, 9.17) is 0 Å². The molecule has 2 nitrogen and oxygen atoms in total. The van der Waals surface area contributed by atoms with Crippen LogP contribution in [0.3, 0.4) is 0 Å². The van der Waals surface area contributed by atoms with Crippen molar-refractivity contribution in [3.05, 3.63) is 33.8 Å². The van der Waals surface area contributed by atoms with Gasteiger partial charge in [0.2, 0.25) is 0 Å². The average molecular weight is 305 g/mol. The average Bonchev–Trinajstić information content (AvgIpc) is 2.29. The minimum Gasteiger partial charge on any atom is -0.304 e. The predicted octanol–water partition coefficient (Wildman–Crippen LogP) is 2.47. The third-order valence-corrected chi connectivity index (χ3v) is 3.62. The highest BCUT2D eigenvalue weighted by molar-refractivity contribution is 9.10. The van der Waals surface area contributed by atoms with E-state index in [2.05, 4.69) is 32.8 Å². The van der Waals surface area contributed by atoms with Crippen LogP contribution in [0.2, 0.25) is 0 Å². The molecule has 1 heterocycles. The molecule has 0 aliphatic carbocycles. The molecule has 2 rings (SSSR count). The van der Waals surface area contributed by atoms with Crippen molar-refractivity contribution in [2.24, 2.45) is 0 Å². The van der Waals surface area contributed by atoms with Crippen LogP contribution in [0.5, 0.6) is 0 Å². The lowest BCUT2D eigenvalue weighted by Gasteiger charge is -2.32. The summed E-state index contributed by atoms with van der Waals surface area (Å²) in [6.07, 6.45) is 0. The molecule has 0 unspecified atom stereocenters. The zero-order valence-electron chi connectivity index (χ0n) is 9.72. The second-order valence-corrected chi connectivity index (χ2v) is 5.31. The summed E-state index contributed by atoms with van der Waals surface area (Å²) in [5.74, 6) is -1.60. The summed E-state index contributed by atoms with van der Waals surface area (Å²) in [5, 5.41) is 0. The molecule has 0 amide bonds. The topological polar surface area (TPSA) is 6.48 Å². The molecule has 0 bridgehead atoms. The minimum absolute atomic E-state index is 0.196. The molecule has 0 spiro atoms. The smallest absolute Gasteiger partial charge is 0.172 e. The third-order valence-electron chi connectivity index (χ3n) is 3.05. The second kappa shape index (κ2) is 5.42. The Morgan fingerprint density at radius 3 is 2.41 bits per heavy atom. The fraction of sp³-hybridized carbons (Fsp3) is 0.500. The molecule has 1 aliphatic heterocycles. The number of benzene rings is 1. The van der Waals surface area contributed by atoms with Gasteiger partial charge in [-0.15, -0.1) is 0 Å². The van der Waals surface area contributed by atoms with E-state index < -0.39 is 11.6 Å². The Morgan fingerprint density at radius 1 is 1.18 bits per heavy atom. The molecule has 5 heteroatoms. The Bertz CT molecular complexity index is 380. The molecule has 1 saturated heterocycles. The Kier molecular flexibility index (Phi) is 4.12. The summed E-state index contributed by atoms with van der Waals surface area (Å²) >= 11 is 3.03. The zero-order valence-corrected chi connectivity index (χ0v) is 11.3. The highest BCUT2D eigenvalue weighted by Gasteiger charge is 2.15. The van der Waals surface area contributed by atoms with E-state index in [1.807, 2.05) is 0 Å². The molecule has 0 N–H and O–H groups in total. The first-order chi connectivity index (χ1) is 8.06. The number of nitrogens with zero attached hydrogens (tertiary/aromatic N) is 2. The first-order valence-corrected chi connectivity index (χ1v) is 6.40. The Labute approximate surface area is 108 Å². The predicted molar refractivity (Wildman–Crippen MR) is 66.8 cm³/mol. The maximum Gasteiger partial charge on any atom is 0.172 e. The zero-order chi connectivity index (χ0) is 12.4. The monoisotopic (exact) mass is 304 g/mol. The molecule has 0 aromatic heterocycles. The number of hydrogen-bond donors (Lipinski definition) is 0. The van der Waals surface area contributed by atoms with Gasteiger partial charge in [0.1, 0.15) is 0 Å². The lowest BCUT2D eigenvalue weighted by atomic mass is 10.2. The van der Waals surface area contributed by atoms with Crippen molar-refractivity contribution in [3.8, 4) is 0 Å². The van der Waals surface area contributed by atoms with Crippen molar-refractivity contribution in [2.75, 3.05) is 33.2 Å². The first-order valence-electron chi connectivity index (χ1n) is 5.60. The summed E-state index contributed by atoms with van der Waals surface area (Å²) in [6.45, 7) is 4.64. The Hall–Kier alpha value is -0.520. The van der Waals surface area contributed by atoms with Crippen molar-refractivity contribution in [2.45, 2.75) is 6.54 Å². The fourth-order valence-electron chi connectivity index (χ4n) is 1.96. The fourth-order valence-corrected chi connectivity index (χ4v) is 2.45. The first kappa shape index (κ1) is 12.9. The lowest BCUT2D eigenvalue weighted by molar-refractivity contribution is 0.148. The van der Waals surface area contributed by atoms with Crippen LogP contribution in [0.15, 0.2) is 16.6 Å². The van der Waals surface area contributed by atoms with Gasteiger partial charge < -0.3 is 4.90 Å². The summed E-state index contributed by atoms with van der Waals surface area (Å²) in [7, 11) is 2.09. The summed E-state index contributed by atoms with van der Waals surface area (Å²) in [4.78, 5) is 4.51. The highest BCUT2D eigenvalue weighted by atomic mass is 79.9. The molecule has 0 saturated carbocycles. The number of piperazine rings is 1. The van der Waals surface area contributed by atoms with Gasteiger partial charge in [0.05, 0.1) is 4.47 Å². The molecule has 0 radical (unpaired) electrons. The van der Waals surface area contributed by atoms with Crippen LogP contribution in [0.25, 0.3) is 0 Å². The van der Waals surface area contributed by atoms with Crippen molar-refractivity contribution in [3.63, 3.8) is 0 Å². The summed E-state index contributed by atoms with van der Waals surface area (Å²) in [5.41, 5.74) is 0.806. The minimum atomic E-state index is -0.813. The van der Waals surface area contributed by atoms with E-state index in [0.717, 1.165) is 31.7 Å². The molecule has 1 aliphatic rings. The van der Waals surface area contributed by atoms with Crippen LogP contribution in [0.1, 0.15) is 5.56 Å². The van der Waals surface area contributed by atoms with E-state index in [1.165, 1.54) is 6.07 Å². The molecule has 17 heavy (non-hydrogen) atoms. The SMILES string of the molecule is CN1CCN(Cc2cc(F)c(F)c(Br)c2)CC1. The molecular formula is C12H15BrF2N2. The molecular weight excluding hydrogens is 290 g/mol. The van der Waals surface area contributed by atoms with Gasteiger partial charge in [-0.05, 0) is 40.7 Å². The number of likely N-dealkylation sites (N-methyl/N-ethyl adjacent to an activating group) is 1. The van der Waals surface area contributed by atoms with Crippen molar-refractivity contribution >= 4 is 15.9 Å². The number of halogens is 3. The van der Waals surface area contributed by atoms with E-state index in [1.54, 1.807) is 6.07 Å². The molecule has 0 atom stereocenters. The van der Waals surface area contributed by atoms with Crippen LogP contribution >= 0.6 is 15.9 Å². The third kappa shape index (κ3) is 3.24. The van der Waals surface area contributed by atoms with Crippen molar-refractivity contribution in [1.29, 1.82) is 0 Å². The standard InChI is InChI=1S/C12H15BrF2N2/c1-16-2-4-17(5-3-16)8-9-6-10(13)12(15)11(14)7-9/h6-7H,2-5,8H2,1H3. The van der Waals surface area contributed by atoms with Gasteiger partial charge in [-0.1, -0.05) is 0 Å². The highest BCUT2D eigenvalue weighted by Crippen LogP contribution is 2.21. The van der Waals surface area contributed by atoms with Crippen molar-refractivity contribution in [1.82, 2.24) is 9.80 Å². The van der Waals surface area contributed by atoms with Gasteiger partial charge in [-0.3, -0.25) is 4.90 Å². The van der Waals surface area contributed by atoms with Crippen molar-refractivity contribution < 1.29 is 8.78 Å². The maximum atomic E-state index is 13.2. The quantitative estimate of drug-likeness (QED) is 0.775. The molecule has 1 aromatic carbocycles. The van der Waals surface area contributed by atoms with Crippen LogP contribution in [-0.2, 0) is 6.54 Å². The van der Waals surface area contributed by atoms with Gasteiger partial charge in [0, 0.05) is 32.7 Å². The summed E-state index contributed by atoms with van der Waals surface area (Å²) < 4.78 is 26.5. The van der Waals surface area contributed by atoms with Gasteiger partial charge in [0.25, 0.3) is 0 Å². The molecule has 94 valence electrons. The normalized spacial score (nSPS) is 18.6. The van der Waals surface area contributed by atoms with E-state index in [9.17, 15) is 8.78 Å². The van der Waals surface area contributed by atoms with E-state index in [-0.39, 0.29) is 4.47 Å². The maximum absolute atomic E-state index is 13.2. The van der Waals surface area contributed by atoms with Gasteiger partial charge >= 0.3 is 0 Å². The second-order valence-electron chi connectivity index (χ2n) is 4.45. The Morgan fingerprint density at radius 2 is 1.82 bits per heavy atom.